The zero-order chi connectivity index (χ0) is 13.1. The summed E-state index contributed by atoms with van der Waals surface area (Å²) in [5.41, 5.74) is 8.85. The lowest BCUT2D eigenvalue weighted by molar-refractivity contribution is 0.102. The molecular weight excluding hydrogens is 246 g/mol. The van der Waals surface area contributed by atoms with Crippen LogP contribution in [0.5, 0.6) is 0 Å². The largest absolute Gasteiger partial charge is 0.325 e. The highest BCUT2D eigenvalue weighted by molar-refractivity contribution is 7.09. The zero-order valence-electron chi connectivity index (χ0n) is 10.4. The van der Waals surface area contributed by atoms with Crippen LogP contribution in [0, 0.1) is 13.8 Å². The lowest BCUT2D eigenvalue weighted by atomic mass is 10.1. The summed E-state index contributed by atoms with van der Waals surface area (Å²) in [6, 6.07) is 5.95. The van der Waals surface area contributed by atoms with Crippen molar-refractivity contribution in [2.45, 2.75) is 20.4 Å². The van der Waals surface area contributed by atoms with Crippen molar-refractivity contribution < 1.29 is 4.79 Å². The summed E-state index contributed by atoms with van der Waals surface area (Å²) in [4.78, 5) is 16.2. The van der Waals surface area contributed by atoms with Crippen LogP contribution in [0.2, 0.25) is 0 Å². The molecule has 0 radical (unpaired) electrons. The van der Waals surface area contributed by atoms with Gasteiger partial charge in [0.2, 0.25) is 0 Å². The molecule has 0 aliphatic rings. The molecule has 2 aromatic rings. The van der Waals surface area contributed by atoms with Crippen molar-refractivity contribution in [1.82, 2.24) is 4.98 Å². The van der Waals surface area contributed by atoms with Crippen molar-refractivity contribution >= 4 is 22.9 Å². The third kappa shape index (κ3) is 2.75. The van der Waals surface area contributed by atoms with Crippen molar-refractivity contribution in [1.29, 1.82) is 0 Å². The second-order valence-corrected chi connectivity index (χ2v) is 5.05. The number of rotatable bonds is 3. The topological polar surface area (TPSA) is 68.0 Å². The van der Waals surface area contributed by atoms with Gasteiger partial charge in [0.15, 0.2) is 0 Å². The minimum atomic E-state index is -0.195. The number of carbonyl (C=O) groups is 1. The number of anilines is 1. The van der Waals surface area contributed by atoms with Gasteiger partial charge in [-0.15, -0.1) is 11.3 Å². The first-order chi connectivity index (χ1) is 8.60. The van der Waals surface area contributed by atoms with Crippen LogP contribution in [0.1, 0.15) is 26.6 Å². The van der Waals surface area contributed by atoms with Gasteiger partial charge in [0.25, 0.3) is 5.91 Å². The summed E-state index contributed by atoms with van der Waals surface area (Å²) in [6.07, 6.45) is 0. The Labute approximate surface area is 110 Å². The molecule has 0 atom stereocenters. The maximum Gasteiger partial charge on any atom is 0.275 e. The van der Waals surface area contributed by atoms with E-state index in [2.05, 4.69) is 10.3 Å². The fraction of sp³-hybridized carbons (Fsp3) is 0.231. The Morgan fingerprint density at radius 3 is 2.89 bits per heavy atom. The van der Waals surface area contributed by atoms with Gasteiger partial charge in [-0.1, -0.05) is 12.1 Å². The molecular formula is C13H15N3OS. The van der Waals surface area contributed by atoms with E-state index in [0.717, 1.165) is 21.8 Å². The number of carbonyl (C=O) groups excluding carboxylic acids is 1. The summed E-state index contributed by atoms with van der Waals surface area (Å²) in [5, 5.41) is 5.36. The van der Waals surface area contributed by atoms with E-state index >= 15 is 0 Å². The molecule has 18 heavy (non-hydrogen) atoms. The SMILES string of the molecule is Cc1ccc(C)c(NC(=O)c2csc(CN)n2)c1. The number of benzene rings is 1. The molecule has 0 bridgehead atoms. The molecule has 1 heterocycles. The van der Waals surface area contributed by atoms with Crippen molar-refractivity contribution in [3.05, 3.63) is 45.4 Å². The Morgan fingerprint density at radius 2 is 2.22 bits per heavy atom. The second-order valence-electron chi connectivity index (χ2n) is 4.10. The molecule has 0 saturated carbocycles. The third-order valence-electron chi connectivity index (χ3n) is 2.60. The maximum atomic E-state index is 12.0. The van der Waals surface area contributed by atoms with Crippen LogP contribution in [0.4, 0.5) is 5.69 Å². The monoisotopic (exact) mass is 261 g/mol. The number of nitrogens with one attached hydrogen (secondary N) is 1. The van der Waals surface area contributed by atoms with E-state index in [4.69, 9.17) is 5.73 Å². The van der Waals surface area contributed by atoms with Gasteiger partial charge in [-0.25, -0.2) is 4.98 Å². The Kier molecular flexibility index (Phi) is 3.74. The molecule has 0 spiro atoms. The second kappa shape index (κ2) is 5.29. The van der Waals surface area contributed by atoms with Gasteiger partial charge in [0.05, 0.1) is 0 Å². The Balaban J connectivity index is 2.18. The standard InChI is InChI=1S/C13H15N3OS/c1-8-3-4-9(2)10(5-8)16-13(17)11-7-18-12(6-14)15-11/h3-5,7H,6,14H2,1-2H3,(H,16,17). The number of hydrogen-bond acceptors (Lipinski definition) is 4. The Morgan fingerprint density at radius 1 is 1.44 bits per heavy atom. The molecule has 0 saturated heterocycles. The molecule has 0 unspecified atom stereocenters. The number of amides is 1. The molecule has 1 amide bonds. The smallest absolute Gasteiger partial charge is 0.275 e. The zero-order valence-corrected chi connectivity index (χ0v) is 11.2. The first-order valence-corrected chi connectivity index (χ1v) is 6.51. The lowest BCUT2D eigenvalue weighted by Crippen LogP contribution is -2.13. The number of aromatic nitrogens is 1. The average molecular weight is 261 g/mol. The van der Waals surface area contributed by atoms with Crippen molar-refractivity contribution in [3.8, 4) is 0 Å². The van der Waals surface area contributed by atoms with Gasteiger partial charge in [-0.05, 0) is 31.0 Å². The van der Waals surface area contributed by atoms with E-state index in [1.165, 1.54) is 11.3 Å². The first kappa shape index (κ1) is 12.7. The number of aryl methyl sites for hydroxylation is 2. The molecule has 0 aliphatic heterocycles. The van der Waals surface area contributed by atoms with Gasteiger partial charge in [0.1, 0.15) is 10.7 Å². The highest BCUT2D eigenvalue weighted by Gasteiger charge is 2.11. The molecule has 0 fully saturated rings. The molecule has 1 aromatic carbocycles. The van der Waals surface area contributed by atoms with E-state index in [1.54, 1.807) is 5.38 Å². The predicted molar refractivity (Wildman–Crippen MR) is 73.9 cm³/mol. The quantitative estimate of drug-likeness (QED) is 0.891. The fourth-order valence-corrected chi connectivity index (χ4v) is 2.22. The Hall–Kier alpha value is -1.72. The van der Waals surface area contributed by atoms with Crippen LogP contribution < -0.4 is 11.1 Å². The third-order valence-corrected chi connectivity index (χ3v) is 3.47. The summed E-state index contributed by atoms with van der Waals surface area (Å²) < 4.78 is 0. The lowest BCUT2D eigenvalue weighted by Gasteiger charge is -2.07. The summed E-state index contributed by atoms with van der Waals surface area (Å²) >= 11 is 1.40. The van der Waals surface area contributed by atoms with E-state index < -0.39 is 0 Å². The number of hydrogen-bond donors (Lipinski definition) is 2. The molecule has 1 aromatic heterocycles. The maximum absolute atomic E-state index is 12.0. The van der Waals surface area contributed by atoms with Crippen molar-refractivity contribution in [3.63, 3.8) is 0 Å². The van der Waals surface area contributed by atoms with E-state index in [1.807, 2.05) is 32.0 Å². The fourth-order valence-electron chi connectivity index (χ4n) is 1.57. The Bertz CT molecular complexity index is 577. The summed E-state index contributed by atoms with van der Waals surface area (Å²) in [7, 11) is 0. The van der Waals surface area contributed by atoms with Crippen LogP contribution in [0.3, 0.4) is 0 Å². The van der Waals surface area contributed by atoms with Gasteiger partial charge >= 0.3 is 0 Å². The van der Waals surface area contributed by atoms with Gasteiger partial charge in [-0.3, -0.25) is 4.79 Å². The van der Waals surface area contributed by atoms with Gasteiger partial charge in [-0.2, -0.15) is 0 Å². The van der Waals surface area contributed by atoms with Crippen LogP contribution in [0.15, 0.2) is 23.6 Å². The highest BCUT2D eigenvalue weighted by atomic mass is 32.1. The highest BCUT2D eigenvalue weighted by Crippen LogP contribution is 2.18. The minimum Gasteiger partial charge on any atom is -0.325 e. The molecule has 94 valence electrons. The van der Waals surface area contributed by atoms with Crippen molar-refractivity contribution in [2.24, 2.45) is 5.73 Å². The number of thiazole rings is 1. The van der Waals surface area contributed by atoms with Gasteiger partial charge in [0, 0.05) is 17.6 Å². The molecule has 4 nitrogen and oxygen atoms in total. The minimum absolute atomic E-state index is 0.195. The predicted octanol–water partition coefficient (Wildman–Crippen LogP) is 2.47. The van der Waals surface area contributed by atoms with Crippen molar-refractivity contribution in [2.75, 3.05) is 5.32 Å². The number of nitrogens with two attached hydrogens (primary N) is 1. The van der Waals surface area contributed by atoms with Gasteiger partial charge < -0.3 is 11.1 Å². The normalized spacial score (nSPS) is 10.4. The molecule has 2 rings (SSSR count). The van der Waals surface area contributed by atoms with E-state index in [0.29, 0.717) is 12.2 Å². The van der Waals surface area contributed by atoms with E-state index in [-0.39, 0.29) is 5.91 Å². The molecule has 3 N–H and O–H groups in total. The van der Waals surface area contributed by atoms with Crippen LogP contribution in [0.25, 0.3) is 0 Å². The summed E-state index contributed by atoms with van der Waals surface area (Å²) in [6.45, 7) is 4.31. The van der Waals surface area contributed by atoms with Crippen LogP contribution >= 0.6 is 11.3 Å². The molecule has 5 heteroatoms. The molecule has 0 aliphatic carbocycles. The average Bonchev–Trinajstić information content (AvgIpc) is 2.82. The first-order valence-electron chi connectivity index (χ1n) is 5.63. The van der Waals surface area contributed by atoms with Crippen LogP contribution in [-0.2, 0) is 6.54 Å². The van der Waals surface area contributed by atoms with E-state index in [9.17, 15) is 4.79 Å². The number of nitrogens with zero attached hydrogens (tertiary/aromatic N) is 1. The summed E-state index contributed by atoms with van der Waals surface area (Å²) in [5.74, 6) is -0.195. The van der Waals surface area contributed by atoms with Crippen LogP contribution in [-0.4, -0.2) is 10.9 Å².